The van der Waals surface area contributed by atoms with Gasteiger partial charge in [0.2, 0.25) is 15.9 Å². The Bertz CT molecular complexity index is 739. The predicted molar refractivity (Wildman–Crippen MR) is 91.0 cm³/mol. The Balaban J connectivity index is 1.83. The van der Waals surface area contributed by atoms with Crippen LogP contribution in [0.4, 0.5) is 0 Å². The van der Waals surface area contributed by atoms with Crippen molar-refractivity contribution in [2.75, 3.05) is 32.4 Å². The molecule has 1 aromatic rings. The molecule has 1 atom stereocenters. The first kappa shape index (κ1) is 18.3. The Morgan fingerprint density at radius 3 is 2.72 bits per heavy atom. The lowest BCUT2D eigenvalue weighted by Gasteiger charge is -2.49. The van der Waals surface area contributed by atoms with E-state index < -0.39 is 21.7 Å². The van der Waals surface area contributed by atoms with Gasteiger partial charge in [0.25, 0.3) is 0 Å². The number of likely N-dealkylation sites (tertiary alicyclic amines) is 1. The van der Waals surface area contributed by atoms with E-state index in [1.165, 1.54) is 6.26 Å². The number of rotatable bonds is 4. The summed E-state index contributed by atoms with van der Waals surface area (Å²) in [4.78, 5) is 21.5. The van der Waals surface area contributed by atoms with E-state index in [-0.39, 0.29) is 18.9 Å². The van der Waals surface area contributed by atoms with E-state index >= 15 is 0 Å². The van der Waals surface area contributed by atoms with Crippen molar-refractivity contribution in [1.29, 1.82) is 0 Å². The molecule has 0 saturated carbocycles. The van der Waals surface area contributed by atoms with Gasteiger partial charge in [-0.05, 0) is 12.8 Å². The molecule has 0 aliphatic carbocycles. The summed E-state index contributed by atoms with van der Waals surface area (Å²) in [6.45, 7) is 1.30. The fraction of sp³-hybridized carbons (Fsp3) is 0.733. The number of imidazole rings is 1. The number of aromatic nitrogens is 2. The standard InChI is InChI=1S/C15H25N5O4S/c1-25(23,24)20-5-2-12-14(18-10-17-12)15(20)3-6-19(7-4-15)13(22)8-11(21)9-16/h10-11,21H,2-9,16H2,1H3,(H,17,18)/t11-/m1/s1. The summed E-state index contributed by atoms with van der Waals surface area (Å²) in [7, 11) is -3.40. The van der Waals surface area contributed by atoms with Crippen LogP contribution in [0.15, 0.2) is 6.33 Å². The number of sulfonamides is 1. The van der Waals surface area contributed by atoms with Gasteiger partial charge in [0.05, 0.1) is 36.3 Å². The number of piperidine rings is 1. The number of fused-ring (bicyclic) bond motifs is 2. The van der Waals surface area contributed by atoms with Gasteiger partial charge in [-0.15, -0.1) is 0 Å². The van der Waals surface area contributed by atoms with Crippen molar-refractivity contribution in [3.63, 3.8) is 0 Å². The van der Waals surface area contributed by atoms with Gasteiger partial charge in [-0.3, -0.25) is 4.79 Å². The number of carbonyl (C=O) groups excluding carboxylic acids is 1. The molecule has 0 unspecified atom stereocenters. The maximum atomic E-state index is 12.4. The third-order valence-electron chi connectivity index (χ3n) is 5.23. The Kier molecular flexibility index (Phi) is 4.89. The lowest BCUT2D eigenvalue weighted by Crippen LogP contribution is -2.58. The number of H-pyrrole nitrogens is 1. The summed E-state index contributed by atoms with van der Waals surface area (Å²) in [5.74, 6) is -0.156. The minimum atomic E-state index is -3.40. The van der Waals surface area contributed by atoms with Crippen molar-refractivity contribution in [1.82, 2.24) is 19.2 Å². The highest BCUT2D eigenvalue weighted by Gasteiger charge is 2.50. The number of nitrogens with one attached hydrogen (secondary N) is 1. The molecule has 1 spiro atoms. The first-order chi connectivity index (χ1) is 11.8. The molecule has 0 aromatic carbocycles. The lowest BCUT2D eigenvalue weighted by atomic mass is 9.80. The number of hydrogen-bond donors (Lipinski definition) is 3. The predicted octanol–water partition coefficient (Wildman–Crippen LogP) is -1.25. The fourth-order valence-corrected chi connectivity index (χ4v) is 5.29. The van der Waals surface area contributed by atoms with Crippen molar-refractivity contribution >= 4 is 15.9 Å². The molecule has 0 bridgehead atoms. The van der Waals surface area contributed by atoms with E-state index in [1.54, 1.807) is 15.5 Å². The van der Waals surface area contributed by atoms with Crippen LogP contribution in [-0.2, 0) is 26.8 Å². The van der Waals surface area contributed by atoms with Crippen LogP contribution in [0, 0.1) is 0 Å². The molecule has 3 rings (SSSR count). The van der Waals surface area contributed by atoms with Crippen LogP contribution in [0.5, 0.6) is 0 Å². The Labute approximate surface area is 147 Å². The van der Waals surface area contributed by atoms with Gasteiger partial charge in [0.15, 0.2) is 0 Å². The highest BCUT2D eigenvalue weighted by molar-refractivity contribution is 7.88. The van der Waals surface area contributed by atoms with Crippen LogP contribution >= 0.6 is 0 Å². The topological polar surface area (TPSA) is 133 Å². The zero-order valence-corrected chi connectivity index (χ0v) is 15.1. The van der Waals surface area contributed by atoms with Gasteiger partial charge in [0.1, 0.15) is 0 Å². The lowest BCUT2D eigenvalue weighted by molar-refractivity contribution is -0.135. The number of aromatic amines is 1. The highest BCUT2D eigenvalue weighted by Crippen LogP contribution is 2.43. The number of aliphatic hydroxyl groups excluding tert-OH is 1. The third kappa shape index (κ3) is 3.31. The maximum absolute atomic E-state index is 12.4. The summed E-state index contributed by atoms with van der Waals surface area (Å²) in [5.41, 5.74) is 6.41. The first-order valence-electron chi connectivity index (χ1n) is 8.44. The van der Waals surface area contributed by atoms with Crippen LogP contribution in [0.3, 0.4) is 0 Å². The van der Waals surface area contributed by atoms with Crippen molar-refractivity contribution in [3.8, 4) is 0 Å². The molecule has 1 saturated heterocycles. The summed E-state index contributed by atoms with van der Waals surface area (Å²) in [6.07, 6.45) is 3.56. The Morgan fingerprint density at radius 2 is 2.12 bits per heavy atom. The highest BCUT2D eigenvalue weighted by atomic mass is 32.2. The van der Waals surface area contributed by atoms with Gasteiger partial charge < -0.3 is 20.7 Å². The zero-order valence-electron chi connectivity index (χ0n) is 14.3. The van der Waals surface area contributed by atoms with Crippen molar-refractivity contribution < 1.29 is 18.3 Å². The first-order valence-corrected chi connectivity index (χ1v) is 10.3. The van der Waals surface area contributed by atoms with Gasteiger partial charge in [-0.25, -0.2) is 13.4 Å². The molecule has 140 valence electrons. The van der Waals surface area contributed by atoms with Gasteiger partial charge in [-0.2, -0.15) is 4.31 Å². The molecule has 10 heteroatoms. The molecule has 3 heterocycles. The number of amides is 1. The molecule has 25 heavy (non-hydrogen) atoms. The molecule has 1 aromatic heterocycles. The second kappa shape index (κ2) is 6.67. The largest absolute Gasteiger partial charge is 0.391 e. The van der Waals surface area contributed by atoms with Gasteiger partial charge >= 0.3 is 0 Å². The van der Waals surface area contributed by atoms with Crippen molar-refractivity contribution in [2.45, 2.75) is 37.3 Å². The normalized spacial score (nSPS) is 22.0. The van der Waals surface area contributed by atoms with E-state index in [4.69, 9.17) is 5.73 Å². The minimum Gasteiger partial charge on any atom is -0.391 e. The maximum Gasteiger partial charge on any atom is 0.225 e. The Hall–Kier alpha value is -1.49. The van der Waals surface area contributed by atoms with E-state index in [0.717, 1.165) is 11.4 Å². The minimum absolute atomic E-state index is 0.00700. The van der Waals surface area contributed by atoms with E-state index in [0.29, 0.717) is 38.9 Å². The average Bonchev–Trinajstić information content (AvgIpc) is 3.04. The molecule has 9 nitrogen and oxygen atoms in total. The molecule has 2 aliphatic heterocycles. The summed E-state index contributed by atoms with van der Waals surface area (Å²) >= 11 is 0. The average molecular weight is 371 g/mol. The summed E-state index contributed by atoms with van der Waals surface area (Å²) < 4.78 is 26.2. The molecular weight excluding hydrogens is 346 g/mol. The fourth-order valence-electron chi connectivity index (χ4n) is 3.97. The number of hydrogen-bond acceptors (Lipinski definition) is 6. The number of carbonyl (C=O) groups is 1. The summed E-state index contributed by atoms with van der Waals surface area (Å²) in [6, 6.07) is 0. The molecule has 0 radical (unpaired) electrons. The smallest absolute Gasteiger partial charge is 0.225 e. The van der Waals surface area contributed by atoms with Gasteiger partial charge in [-0.1, -0.05) is 0 Å². The zero-order chi connectivity index (χ0) is 18.2. The van der Waals surface area contributed by atoms with Crippen molar-refractivity contribution in [3.05, 3.63) is 17.7 Å². The van der Waals surface area contributed by atoms with Crippen molar-refractivity contribution in [2.24, 2.45) is 5.73 Å². The van der Waals surface area contributed by atoms with E-state index in [9.17, 15) is 18.3 Å². The molecule has 1 amide bonds. The number of aliphatic hydroxyl groups is 1. The quantitative estimate of drug-likeness (QED) is 0.606. The summed E-state index contributed by atoms with van der Waals surface area (Å²) in [5, 5.41) is 9.58. The second-order valence-electron chi connectivity index (χ2n) is 6.82. The van der Waals surface area contributed by atoms with Crippen LogP contribution in [0.2, 0.25) is 0 Å². The number of nitrogens with zero attached hydrogens (tertiary/aromatic N) is 3. The third-order valence-corrected chi connectivity index (χ3v) is 6.56. The monoisotopic (exact) mass is 371 g/mol. The van der Waals surface area contributed by atoms with Crippen LogP contribution in [-0.4, -0.2) is 77.1 Å². The van der Waals surface area contributed by atoms with Crippen LogP contribution in [0.1, 0.15) is 30.7 Å². The van der Waals surface area contributed by atoms with E-state index in [1.807, 2.05) is 0 Å². The molecule has 2 aliphatic rings. The molecular formula is C15H25N5O4S. The second-order valence-corrected chi connectivity index (χ2v) is 8.73. The SMILES string of the molecule is CS(=O)(=O)N1CCc2[nH]cnc2C12CCN(C(=O)C[C@@H](O)CN)CC2. The Morgan fingerprint density at radius 1 is 1.44 bits per heavy atom. The van der Waals surface area contributed by atoms with Crippen LogP contribution < -0.4 is 5.73 Å². The number of nitrogens with two attached hydrogens (primary N) is 1. The van der Waals surface area contributed by atoms with E-state index in [2.05, 4.69) is 9.97 Å². The van der Waals surface area contributed by atoms with Gasteiger partial charge in [0, 0.05) is 38.3 Å². The molecule has 4 N–H and O–H groups in total. The van der Waals surface area contributed by atoms with Crippen LogP contribution in [0.25, 0.3) is 0 Å². The molecule has 1 fully saturated rings.